The summed E-state index contributed by atoms with van der Waals surface area (Å²) >= 11 is 6.13. The Morgan fingerprint density at radius 2 is 1.85 bits per heavy atom. The monoisotopic (exact) mass is 282 g/mol. The van der Waals surface area contributed by atoms with Crippen molar-refractivity contribution >= 4 is 22.4 Å². The van der Waals surface area contributed by atoms with Crippen molar-refractivity contribution in [3.63, 3.8) is 0 Å². The molecular formula is C17H15ClN2. The predicted octanol–water partition coefficient (Wildman–Crippen LogP) is 4.13. The lowest BCUT2D eigenvalue weighted by Crippen LogP contribution is -2.13. The zero-order valence-electron chi connectivity index (χ0n) is 11.0. The second-order valence-electron chi connectivity index (χ2n) is 4.88. The van der Waals surface area contributed by atoms with E-state index in [1.165, 1.54) is 10.8 Å². The van der Waals surface area contributed by atoms with Gasteiger partial charge in [-0.05, 0) is 40.5 Å². The quantitative estimate of drug-likeness (QED) is 0.784. The Hall–Kier alpha value is -1.90. The number of fused-ring (bicyclic) bond motifs is 1. The maximum absolute atomic E-state index is 6.31. The van der Waals surface area contributed by atoms with Crippen molar-refractivity contribution in [3.05, 3.63) is 77.1 Å². The van der Waals surface area contributed by atoms with Crippen LogP contribution in [0, 0.1) is 0 Å². The minimum atomic E-state index is -0.0699. The Balaban J connectivity index is 1.89. The van der Waals surface area contributed by atoms with Gasteiger partial charge in [-0.1, -0.05) is 48.0 Å². The van der Waals surface area contributed by atoms with Crippen LogP contribution in [0.5, 0.6) is 0 Å². The fourth-order valence-corrected chi connectivity index (χ4v) is 2.56. The molecule has 0 bridgehead atoms. The average Bonchev–Trinajstić information content (AvgIpc) is 2.49. The Labute approximate surface area is 123 Å². The molecule has 100 valence electrons. The smallest absolute Gasteiger partial charge is 0.0622 e. The third kappa shape index (κ3) is 2.67. The van der Waals surface area contributed by atoms with E-state index < -0.39 is 0 Å². The normalized spacial score (nSPS) is 12.5. The second kappa shape index (κ2) is 5.61. The summed E-state index contributed by atoms with van der Waals surface area (Å²) < 4.78 is 0. The zero-order valence-corrected chi connectivity index (χ0v) is 11.7. The molecule has 20 heavy (non-hydrogen) atoms. The van der Waals surface area contributed by atoms with Gasteiger partial charge in [0.2, 0.25) is 0 Å². The van der Waals surface area contributed by atoms with E-state index in [-0.39, 0.29) is 6.04 Å². The number of nitrogens with two attached hydrogens (primary N) is 1. The zero-order chi connectivity index (χ0) is 13.9. The Morgan fingerprint density at radius 3 is 2.65 bits per heavy atom. The van der Waals surface area contributed by atoms with Gasteiger partial charge < -0.3 is 5.73 Å². The molecule has 1 heterocycles. The van der Waals surface area contributed by atoms with Gasteiger partial charge >= 0.3 is 0 Å². The summed E-state index contributed by atoms with van der Waals surface area (Å²) in [6.45, 7) is 0. The van der Waals surface area contributed by atoms with Crippen LogP contribution in [0.15, 0.2) is 60.9 Å². The predicted molar refractivity (Wildman–Crippen MR) is 83.8 cm³/mol. The van der Waals surface area contributed by atoms with E-state index in [4.69, 9.17) is 17.3 Å². The van der Waals surface area contributed by atoms with Crippen molar-refractivity contribution in [1.82, 2.24) is 4.98 Å². The van der Waals surface area contributed by atoms with Crippen molar-refractivity contribution in [1.29, 1.82) is 0 Å². The maximum atomic E-state index is 6.31. The lowest BCUT2D eigenvalue weighted by Gasteiger charge is -2.14. The molecule has 0 fully saturated rings. The van der Waals surface area contributed by atoms with Gasteiger partial charge in [-0.3, -0.25) is 4.98 Å². The summed E-state index contributed by atoms with van der Waals surface area (Å²) in [5.41, 5.74) is 8.46. The molecule has 3 heteroatoms. The summed E-state index contributed by atoms with van der Waals surface area (Å²) in [5, 5.41) is 3.11. The molecule has 0 saturated heterocycles. The Morgan fingerprint density at radius 1 is 1.05 bits per heavy atom. The first kappa shape index (κ1) is 13.1. The molecule has 1 atom stereocenters. The van der Waals surface area contributed by atoms with Crippen molar-refractivity contribution in [2.24, 2.45) is 5.73 Å². The number of hydrogen-bond acceptors (Lipinski definition) is 2. The number of hydrogen-bond donors (Lipinski definition) is 1. The largest absolute Gasteiger partial charge is 0.324 e. The number of rotatable bonds is 3. The van der Waals surface area contributed by atoms with Gasteiger partial charge in [0.15, 0.2) is 0 Å². The lowest BCUT2D eigenvalue weighted by atomic mass is 9.98. The van der Waals surface area contributed by atoms with Crippen LogP contribution in [0.3, 0.4) is 0 Å². The summed E-state index contributed by atoms with van der Waals surface area (Å²) in [6, 6.07) is 16.5. The standard InChI is InChI=1S/C17H15ClN2/c18-16-11-20-8-7-14(16)10-17(19)15-6-5-12-3-1-2-4-13(12)9-15/h1-9,11,17H,10,19H2. The molecule has 1 unspecified atom stereocenters. The van der Waals surface area contributed by atoms with Crippen LogP contribution in [-0.4, -0.2) is 4.98 Å². The van der Waals surface area contributed by atoms with Crippen LogP contribution in [0.2, 0.25) is 5.02 Å². The van der Waals surface area contributed by atoms with Gasteiger partial charge in [-0.15, -0.1) is 0 Å². The highest BCUT2D eigenvalue weighted by Gasteiger charge is 2.10. The fraction of sp³-hybridized carbons (Fsp3) is 0.118. The number of pyridine rings is 1. The average molecular weight is 283 g/mol. The molecule has 0 aliphatic heterocycles. The highest BCUT2D eigenvalue weighted by atomic mass is 35.5. The van der Waals surface area contributed by atoms with Crippen LogP contribution < -0.4 is 5.73 Å². The topological polar surface area (TPSA) is 38.9 Å². The number of benzene rings is 2. The van der Waals surface area contributed by atoms with E-state index in [0.29, 0.717) is 11.4 Å². The van der Waals surface area contributed by atoms with Crippen LogP contribution in [0.4, 0.5) is 0 Å². The van der Waals surface area contributed by atoms with Gasteiger partial charge in [0, 0.05) is 18.4 Å². The molecule has 0 amide bonds. The van der Waals surface area contributed by atoms with Crippen LogP contribution in [0.1, 0.15) is 17.2 Å². The van der Waals surface area contributed by atoms with Gasteiger partial charge in [0.05, 0.1) is 5.02 Å². The molecule has 3 rings (SSSR count). The molecule has 2 nitrogen and oxygen atoms in total. The van der Waals surface area contributed by atoms with Crippen molar-refractivity contribution in [3.8, 4) is 0 Å². The first-order chi connectivity index (χ1) is 9.74. The first-order valence-corrected chi connectivity index (χ1v) is 6.94. The van der Waals surface area contributed by atoms with Gasteiger partial charge in [0.1, 0.15) is 0 Å². The van der Waals surface area contributed by atoms with Crippen LogP contribution >= 0.6 is 11.6 Å². The second-order valence-corrected chi connectivity index (χ2v) is 5.29. The number of nitrogens with zero attached hydrogens (tertiary/aromatic N) is 1. The molecule has 2 N–H and O–H groups in total. The molecule has 0 spiro atoms. The highest BCUT2D eigenvalue weighted by molar-refractivity contribution is 6.31. The third-order valence-electron chi connectivity index (χ3n) is 3.50. The summed E-state index contributed by atoms with van der Waals surface area (Å²) in [6.07, 6.45) is 4.11. The van der Waals surface area contributed by atoms with Crippen LogP contribution in [0.25, 0.3) is 10.8 Å². The molecule has 0 saturated carbocycles. The maximum Gasteiger partial charge on any atom is 0.0622 e. The van der Waals surface area contributed by atoms with Crippen LogP contribution in [-0.2, 0) is 6.42 Å². The molecule has 0 aliphatic carbocycles. The van der Waals surface area contributed by atoms with E-state index in [2.05, 4.69) is 35.3 Å². The molecule has 2 aromatic carbocycles. The SMILES string of the molecule is NC(Cc1ccncc1Cl)c1ccc2ccccc2c1. The summed E-state index contributed by atoms with van der Waals surface area (Å²) in [5.74, 6) is 0. The van der Waals surface area contributed by atoms with Gasteiger partial charge in [-0.2, -0.15) is 0 Å². The van der Waals surface area contributed by atoms with Crippen molar-refractivity contribution in [2.45, 2.75) is 12.5 Å². The molecule has 0 radical (unpaired) electrons. The van der Waals surface area contributed by atoms with E-state index in [1.54, 1.807) is 12.4 Å². The van der Waals surface area contributed by atoms with E-state index >= 15 is 0 Å². The van der Waals surface area contributed by atoms with E-state index in [1.807, 2.05) is 18.2 Å². The fourth-order valence-electron chi connectivity index (χ4n) is 2.36. The van der Waals surface area contributed by atoms with E-state index in [0.717, 1.165) is 11.1 Å². The Bertz CT molecular complexity index is 740. The first-order valence-electron chi connectivity index (χ1n) is 6.57. The molecule has 0 aliphatic rings. The molecule has 1 aromatic heterocycles. The van der Waals surface area contributed by atoms with E-state index in [9.17, 15) is 0 Å². The highest BCUT2D eigenvalue weighted by Crippen LogP contribution is 2.24. The summed E-state index contributed by atoms with van der Waals surface area (Å²) in [7, 11) is 0. The van der Waals surface area contributed by atoms with Gasteiger partial charge in [-0.25, -0.2) is 0 Å². The summed E-state index contributed by atoms with van der Waals surface area (Å²) in [4.78, 5) is 3.99. The number of aromatic nitrogens is 1. The van der Waals surface area contributed by atoms with Crippen molar-refractivity contribution in [2.75, 3.05) is 0 Å². The minimum Gasteiger partial charge on any atom is -0.324 e. The van der Waals surface area contributed by atoms with Crippen molar-refractivity contribution < 1.29 is 0 Å². The molecular weight excluding hydrogens is 268 g/mol. The molecule has 3 aromatic rings. The lowest BCUT2D eigenvalue weighted by molar-refractivity contribution is 0.722. The van der Waals surface area contributed by atoms with Gasteiger partial charge in [0.25, 0.3) is 0 Å². The Kier molecular flexibility index (Phi) is 3.68. The third-order valence-corrected chi connectivity index (χ3v) is 3.84. The minimum absolute atomic E-state index is 0.0699. The number of halogens is 1.